The zero-order valence-corrected chi connectivity index (χ0v) is 19.0. The summed E-state index contributed by atoms with van der Waals surface area (Å²) in [6, 6.07) is 14.0. The van der Waals surface area contributed by atoms with Gasteiger partial charge in [0.15, 0.2) is 0 Å². The molecular formula is C26H23N3O5. The van der Waals surface area contributed by atoms with Gasteiger partial charge in [-0.2, -0.15) is 5.10 Å². The van der Waals surface area contributed by atoms with Gasteiger partial charge in [-0.1, -0.05) is 24.3 Å². The molecule has 0 unspecified atom stereocenters. The van der Waals surface area contributed by atoms with Crippen LogP contribution in [0.2, 0.25) is 0 Å². The van der Waals surface area contributed by atoms with Gasteiger partial charge in [0, 0.05) is 25.1 Å². The van der Waals surface area contributed by atoms with E-state index in [0.717, 1.165) is 10.5 Å². The quantitative estimate of drug-likeness (QED) is 0.601. The summed E-state index contributed by atoms with van der Waals surface area (Å²) < 4.78 is 6.72. The molecule has 172 valence electrons. The van der Waals surface area contributed by atoms with Crippen LogP contribution in [-0.2, 0) is 9.59 Å². The van der Waals surface area contributed by atoms with E-state index in [9.17, 15) is 19.5 Å². The van der Waals surface area contributed by atoms with Crippen LogP contribution in [0.5, 0.6) is 11.5 Å². The van der Waals surface area contributed by atoms with Crippen molar-refractivity contribution in [2.45, 2.75) is 19.8 Å². The van der Waals surface area contributed by atoms with Gasteiger partial charge in [-0.25, -0.2) is 4.68 Å². The number of amides is 2. The number of nitrogens with zero attached hydrogens (tertiary/aromatic N) is 3. The Balaban J connectivity index is 1.79. The Morgan fingerprint density at radius 3 is 2.38 bits per heavy atom. The van der Waals surface area contributed by atoms with Crippen molar-refractivity contribution in [3.63, 3.8) is 0 Å². The number of hydrogen-bond donors (Lipinski definition) is 1. The van der Waals surface area contributed by atoms with Crippen molar-refractivity contribution in [2.75, 3.05) is 13.7 Å². The van der Waals surface area contributed by atoms with E-state index in [1.807, 2.05) is 37.3 Å². The van der Waals surface area contributed by atoms with Crippen molar-refractivity contribution in [1.29, 1.82) is 0 Å². The molecule has 1 aliphatic heterocycles. The first-order valence-corrected chi connectivity index (χ1v) is 11.0. The van der Waals surface area contributed by atoms with E-state index < -0.39 is 11.8 Å². The van der Waals surface area contributed by atoms with Crippen LogP contribution in [0.3, 0.4) is 0 Å². The molecular weight excluding hydrogens is 434 g/mol. The zero-order chi connectivity index (χ0) is 24.1. The summed E-state index contributed by atoms with van der Waals surface area (Å²) in [5.41, 5.74) is 3.14. The van der Waals surface area contributed by atoms with Crippen molar-refractivity contribution in [3.05, 3.63) is 65.4 Å². The van der Waals surface area contributed by atoms with E-state index in [4.69, 9.17) is 4.74 Å². The predicted octanol–water partition coefficient (Wildman–Crippen LogP) is 3.57. The zero-order valence-electron chi connectivity index (χ0n) is 19.0. The summed E-state index contributed by atoms with van der Waals surface area (Å²) in [5.74, 6) is -2.08. The minimum absolute atomic E-state index is 0.00239. The lowest BCUT2D eigenvalue weighted by atomic mass is 9.76. The fourth-order valence-corrected chi connectivity index (χ4v) is 4.81. The lowest BCUT2D eigenvalue weighted by molar-refractivity contribution is -0.137. The third kappa shape index (κ3) is 3.14. The van der Waals surface area contributed by atoms with Gasteiger partial charge in [-0.3, -0.25) is 19.3 Å². The predicted molar refractivity (Wildman–Crippen MR) is 125 cm³/mol. The minimum atomic E-state index is -0.893. The Kier molecular flexibility index (Phi) is 5.08. The number of phenolic OH excluding ortho intramolecular Hbond substituents is 1. The van der Waals surface area contributed by atoms with Crippen molar-refractivity contribution in [2.24, 2.45) is 5.92 Å². The standard InChI is InChI=1S/C26H23N3O5/c1-4-34-16-11-9-15(10-12-16)18-13-19-23(17-7-5-6-8-20(17)31)27-29(14(2)30)24(19)22-21(18)25(32)28(3)26(22)33/h5-13,21-22,31H,4H2,1-3H3/t21-,22-/m0/s1. The number of likely N-dealkylation sites (tertiary alicyclic amines) is 1. The summed E-state index contributed by atoms with van der Waals surface area (Å²) >= 11 is 0. The fourth-order valence-electron chi connectivity index (χ4n) is 4.81. The molecule has 1 N–H and O–H groups in total. The Morgan fingerprint density at radius 2 is 1.74 bits per heavy atom. The van der Waals surface area contributed by atoms with E-state index in [2.05, 4.69) is 5.10 Å². The van der Waals surface area contributed by atoms with Crippen molar-refractivity contribution in [3.8, 4) is 22.8 Å². The smallest absolute Gasteiger partial charge is 0.244 e. The van der Waals surface area contributed by atoms with Crippen molar-refractivity contribution < 1.29 is 24.2 Å². The molecule has 2 amide bonds. The number of aromatic nitrogens is 2. The number of aromatic hydroxyl groups is 1. The van der Waals surface area contributed by atoms with Crippen LogP contribution < -0.4 is 4.74 Å². The number of benzene rings is 2. The molecule has 1 aliphatic carbocycles. The van der Waals surface area contributed by atoms with Crippen LogP contribution in [-0.4, -0.2) is 51.2 Å². The first-order chi connectivity index (χ1) is 16.3. The number of carbonyl (C=O) groups is 3. The Morgan fingerprint density at radius 1 is 1.06 bits per heavy atom. The highest BCUT2D eigenvalue weighted by Gasteiger charge is 2.53. The first kappa shape index (κ1) is 21.6. The third-order valence-electron chi connectivity index (χ3n) is 6.37. The molecule has 1 aromatic heterocycles. The topological polar surface area (TPSA) is 102 Å². The molecule has 0 bridgehead atoms. The van der Waals surface area contributed by atoms with Gasteiger partial charge in [0.1, 0.15) is 17.2 Å². The summed E-state index contributed by atoms with van der Waals surface area (Å²) in [4.78, 5) is 40.1. The van der Waals surface area contributed by atoms with Gasteiger partial charge in [0.2, 0.25) is 17.7 Å². The molecule has 5 rings (SSSR count). The number of rotatable bonds is 4. The Labute approximate surface area is 196 Å². The maximum absolute atomic E-state index is 13.3. The molecule has 0 radical (unpaired) electrons. The molecule has 3 aromatic rings. The van der Waals surface area contributed by atoms with Gasteiger partial charge in [-0.15, -0.1) is 0 Å². The first-order valence-electron chi connectivity index (χ1n) is 11.0. The maximum atomic E-state index is 13.3. The summed E-state index contributed by atoms with van der Waals surface area (Å²) in [7, 11) is 1.46. The van der Waals surface area contributed by atoms with E-state index in [1.165, 1.54) is 24.7 Å². The average molecular weight is 457 g/mol. The van der Waals surface area contributed by atoms with Crippen LogP contribution >= 0.6 is 0 Å². The third-order valence-corrected chi connectivity index (χ3v) is 6.37. The van der Waals surface area contributed by atoms with E-state index in [1.54, 1.807) is 18.2 Å². The lowest BCUT2D eigenvalue weighted by Crippen LogP contribution is -2.26. The second-order valence-corrected chi connectivity index (χ2v) is 8.34. The van der Waals surface area contributed by atoms with Gasteiger partial charge in [-0.05, 0) is 48.4 Å². The lowest BCUT2D eigenvalue weighted by Gasteiger charge is -2.25. The van der Waals surface area contributed by atoms with Crippen LogP contribution in [0.25, 0.3) is 22.9 Å². The minimum Gasteiger partial charge on any atom is -0.507 e. The number of para-hydroxylation sites is 1. The highest BCUT2D eigenvalue weighted by atomic mass is 16.5. The van der Waals surface area contributed by atoms with E-state index >= 15 is 0 Å². The number of likely N-dealkylation sites (N-methyl/N-ethyl adjacent to an activating group) is 1. The molecule has 8 nitrogen and oxygen atoms in total. The van der Waals surface area contributed by atoms with Gasteiger partial charge < -0.3 is 9.84 Å². The van der Waals surface area contributed by atoms with E-state index in [-0.39, 0.29) is 23.5 Å². The van der Waals surface area contributed by atoms with Crippen LogP contribution in [0, 0.1) is 5.92 Å². The number of fused-ring (bicyclic) bond motifs is 3. The van der Waals surface area contributed by atoms with Crippen LogP contribution in [0.15, 0.2) is 48.5 Å². The molecule has 2 aliphatic rings. The average Bonchev–Trinajstić information content (AvgIpc) is 3.31. The van der Waals surface area contributed by atoms with Crippen molar-refractivity contribution >= 4 is 29.4 Å². The molecule has 2 atom stereocenters. The monoisotopic (exact) mass is 457 g/mol. The van der Waals surface area contributed by atoms with Gasteiger partial charge in [0.05, 0.1) is 24.1 Å². The van der Waals surface area contributed by atoms with Gasteiger partial charge >= 0.3 is 0 Å². The molecule has 1 fully saturated rings. The second kappa shape index (κ2) is 7.98. The summed E-state index contributed by atoms with van der Waals surface area (Å²) in [6.45, 7) is 3.78. The summed E-state index contributed by atoms with van der Waals surface area (Å²) in [6.07, 6.45) is 1.81. The highest BCUT2D eigenvalue weighted by Crippen LogP contribution is 2.50. The fraction of sp³-hybridized carbons (Fsp3) is 0.231. The van der Waals surface area contributed by atoms with Crippen LogP contribution in [0.4, 0.5) is 0 Å². The number of phenols is 1. The highest BCUT2D eigenvalue weighted by molar-refractivity contribution is 6.16. The number of imide groups is 1. The Hall–Kier alpha value is -4.20. The van der Waals surface area contributed by atoms with Crippen LogP contribution in [0.1, 0.15) is 41.4 Å². The molecule has 2 heterocycles. The normalized spacial score (nSPS) is 19.0. The molecule has 0 spiro atoms. The number of carbonyl (C=O) groups excluding carboxylic acids is 3. The van der Waals surface area contributed by atoms with Gasteiger partial charge in [0.25, 0.3) is 0 Å². The molecule has 0 saturated carbocycles. The maximum Gasteiger partial charge on any atom is 0.244 e. The largest absolute Gasteiger partial charge is 0.507 e. The number of hydrogen-bond acceptors (Lipinski definition) is 6. The second-order valence-electron chi connectivity index (χ2n) is 8.34. The Bertz CT molecular complexity index is 1370. The molecule has 34 heavy (non-hydrogen) atoms. The summed E-state index contributed by atoms with van der Waals surface area (Å²) in [5, 5.41) is 15.0. The van der Waals surface area contributed by atoms with Crippen molar-refractivity contribution in [1.82, 2.24) is 14.7 Å². The molecule has 1 saturated heterocycles. The van der Waals surface area contributed by atoms with E-state index in [0.29, 0.717) is 40.4 Å². The number of ether oxygens (including phenoxy) is 1. The molecule has 8 heteroatoms. The SMILES string of the molecule is CCOc1ccc(C2=Cc3c(-c4ccccc4O)nn(C(C)=O)c3[C@H]3C(=O)N(C)C(=O)[C@@H]23)cc1. The molecule has 2 aromatic carbocycles.